The van der Waals surface area contributed by atoms with Crippen molar-refractivity contribution in [1.29, 1.82) is 0 Å². The zero-order valence-corrected chi connectivity index (χ0v) is 14.4. The van der Waals surface area contributed by atoms with Crippen LogP contribution < -0.4 is 4.74 Å². The molecule has 0 unspecified atom stereocenters. The molecule has 3 aromatic rings. The average molecular weight is 378 g/mol. The first-order chi connectivity index (χ1) is 12.4. The third-order valence-corrected chi connectivity index (χ3v) is 4.57. The van der Waals surface area contributed by atoms with E-state index < -0.39 is 12.3 Å². The van der Waals surface area contributed by atoms with E-state index >= 15 is 0 Å². The minimum Gasteiger partial charge on any atom is -0.465 e. The summed E-state index contributed by atoms with van der Waals surface area (Å²) in [6, 6.07) is 14.5. The summed E-state index contributed by atoms with van der Waals surface area (Å²) in [5.41, 5.74) is 2.31. The zero-order chi connectivity index (χ0) is 18.7. The molecule has 0 radical (unpaired) electrons. The van der Waals surface area contributed by atoms with Gasteiger partial charge < -0.3 is 9.47 Å². The van der Waals surface area contributed by atoms with Gasteiger partial charge in [0.05, 0.1) is 12.7 Å². The summed E-state index contributed by atoms with van der Waals surface area (Å²) in [6.07, 6.45) is -4.76. The molecular weight excluding hydrogens is 365 g/mol. The number of ether oxygens (including phenoxy) is 2. The molecule has 0 saturated heterocycles. The highest BCUT2D eigenvalue weighted by Crippen LogP contribution is 2.39. The molecule has 0 saturated carbocycles. The molecule has 0 N–H and O–H groups in total. The highest BCUT2D eigenvalue weighted by atomic mass is 32.1. The molecule has 3 nitrogen and oxygen atoms in total. The topological polar surface area (TPSA) is 35.5 Å². The number of methoxy groups -OCH3 is 1. The van der Waals surface area contributed by atoms with Crippen molar-refractivity contribution in [2.24, 2.45) is 0 Å². The molecule has 7 heteroatoms. The lowest BCUT2D eigenvalue weighted by molar-refractivity contribution is -0.274. The van der Waals surface area contributed by atoms with Crippen molar-refractivity contribution in [3.63, 3.8) is 0 Å². The number of thiophene rings is 1. The lowest BCUT2D eigenvalue weighted by atomic mass is 9.99. The summed E-state index contributed by atoms with van der Waals surface area (Å²) in [4.78, 5) is 12.8. The van der Waals surface area contributed by atoms with Crippen molar-refractivity contribution in [1.82, 2.24) is 0 Å². The maximum Gasteiger partial charge on any atom is 0.573 e. The van der Waals surface area contributed by atoms with Crippen molar-refractivity contribution < 1.29 is 27.4 Å². The summed E-state index contributed by atoms with van der Waals surface area (Å²) in [6.45, 7) is 0. The quantitative estimate of drug-likeness (QED) is 0.541. The van der Waals surface area contributed by atoms with Gasteiger partial charge in [0.1, 0.15) is 5.75 Å². The second-order valence-electron chi connectivity index (χ2n) is 5.28. The van der Waals surface area contributed by atoms with Crippen molar-refractivity contribution in [3.05, 3.63) is 65.5 Å². The summed E-state index contributed by atoms with van der Waals surface area (Å²) < 4.78 is 46.2. The van der Waals surface area contributed by atoms with E-state index in [2.05, 4.69) is 4.74 Å². The van der Waals surface area contributed by atoms with Crippen LogP contribution in [0.4, 0.5) is 13.2 Å². The number of esters is 1. The van der Waals surface area contributed by atoms with Crippen LogP contribution in [0.3, 0.4) is 0 Å². The lowest BCUT2D eigenvalue weighted by Crippen LogP contribution is -2.17. The Hall–Kier alpha value is -2.80. The van der Waals surface area contributed by atoms with Crippen molar-refractivity contribution >= 4 is 17.3 Å². The number of hydrogen-bond acceptors (Lipinski definition) is 4. The Labute approximate surface area is 151 Å². The lowest BCUT2D eigenvalue weighted by Gasteiger charge is -2.12. The Morgan fingerprint density at radius 1 is 1.00 bits per heavy atom. The number of carbonyl (C=O) groups is 1. The first kappa shape index (κ1) is 18.0. The molecule has 1 aromatic heterocycles. The second-order valence-corrected chi connectivity index (χ2v) is 6.19. The summed E-state index contributed by atoms with van der Waals surface area (Å²) in [7, 11) is 1.30. The SMILES string of the molecule is COC(=O)c1ccccc1-c1sccc1-c1cccc(OC(F)(F)F)c1. The third-order valence-electron chi connectivity index (χ3n) is 3.62. The molecule has 2 aromatic carbocycles. The number of rotatable bonds is 4. The largest absolute Gasteiger partial charge is 0.573 e. The van der Waals surface area contributed by atoms with Gasteiger partial charge in [0, 0.05) is 16.0 Å². The van der Waals surface area contributed by atoms with Crippen LogP contribution in [0, 0.1) is 0 Å². The Balaban J connectivity index is 2.06. The number of halogens is 3. The molecule has 0 aliphatic heterocycles. The van der Waals surface area contributed by atoms with Gasteiger partial charge in [0.25, 0.3) is 0 Å². The molecule has 3 rings (SSSR count). The van der Waals surface area contributed by atoms with Crippen molar-refractivity contribution in [2.45, 2.75) is 6.36 Å². The van der Waals surface area contributed by atoms with Gasteiger partial charge in [-0.05, 0) is 35.2 Å². The normalized spacial score (nSPS) is 11.2. The van der Waals surface area contributed by atoms with Crippen LogP contribution >= 0.6 is 11.3 Å². The predicted molar refractivity (Wildman–Crippen MR) is 93.2 cm³/mol. The first-order valence-electron chi connectivity index (χ1n) is 7.50. The van der Waals surface area contributed by atoms with Crippen molar-refractivity contribution in [3.8, 4) is 27.3 Å². The molecule has 0 aliphatic rings. The van der Waals surface area contributed by atoms with Gasteiger partial charge >= 0.3 is 12.3 Å². The zero-order valence-electron chi connectivity index (χ0n) is 13.5. The molecule has 0 spiro atoms. The van der Waals surface area contributed by atoms with Gasteiger partial charge in [0.15, 0.2) is 0 Å². The van der Waals surface area contributed by atoms with Gasteiger partial charge in [-0.3, -0.25) is 0 Å². The van der Waals surface area contributed by atoms with Gasteiger partial charge in [-0.25, -0.2) is 4.79 Å². The fourth-order valence-electron chi connectivity index (χ4n) is 2.57. The van der Waals surface area contributed by atoms with E-state index in [4.69, 9.17) is 4.74 Å². The van der Waals surface area contributed by atoms with E-state index in [1.165, 1.54) is 36.6 Å². The Morgan fingerprint density at radius 3 is 2.50 bits per heavy atom. The summed E-state index contributed by atoms with van der Waals surface area (Å²) in [5.74, 6) is -0.775. The van der Waals surface area contributed by atoms with Crippen LogP contribution in [0.2, 0.25) is 0 Å². The Bertz CT molecular complexity index is 932. The van der Waals surface area contributed by atoms with E-state index in [0.29, 0.717) is 22.3 Å². The van der Waals surface area contributed by atoms with E-state index in [-0.39, 0.29) is 5.75 Å². The molecule has 0 fully saturated rings. The monoisotopic (exact) mass is 378 g/mol. The second kappa shape index (κ2) is 7.21. The minimum atomic E-state index is -4.76. The molecule has 0 bridgehead atoms. The predicted octanol–water partition coefficient (Wildman–Crippen LogP) is 5.77. The minimum absolute atomic E-state index is 0.298. The first-order valence-corrected chi connectivity index (χ1v) is 8.38. The van der Waals surface area contributed by atoms with E-state index in [0.717, 1.165) is 4.88 Å². The van der Waals surface area contributed by atoms with E-state index in [1.54, 1.807) is 36.4 Å². The van der Waals surface area contributed by atoms with Gasteiger partial charge in [0.2, 0.25) is 0 Å². The molecule has 26 heavy (non-hydrogen) atoms. The maximum absolute atomic E-state index is 12.5. The molecule has 0 aliphatic carbocycles. The van der Waals surface area contributed by atoms with Gasteiger partial charge in [-0.2, -0.15) is 0 Å². The van der Waals surface area contributed by atoms with Crippen LogP contribution in [0.1, 0.15) is 10.4 Å². The highest BCUT2D eigenvalue weighted by Gasteiger charge is 2.31. The van der Waals surface area contributed by atoms with Gasteiger partial charge in [-0.1, -0.05) is 30.3 Å². The molecule has 0 atom stereocenters. The van der Waals surface area contributed by atoms with E-state index in [9.17, 15) is 18.0 Å². The van der Waals surface area contributed by atoms with Crippen molar-refractivity contribution in [2.75, 3.05) is 7.11 Å². The molecular formula is C19H13F3O3S. The van der Waals surface area contributed by atoms with Crippen LogP contribution in [0.25, 0.3) is 21.6 Å². The van der Waals surface area contributed by atoms with Gasteiger partial charge in [-0.15, -0.1) is 24.5 Å². The van der Waals surface area contributed by atoms with Crippen LogP contribution in [0.5, 0.6) is 5.75 Å². The maximum atomic E-state index is 12.5. The average Bonchev–Trinajstić information content (AvgIpc) is 3.09. The summed E-state index contributed by atoms with van der Waals surface area (Å²) >= 11 is 1.39. The Morgan fingerprint density at radius 2 is 1.77 bits per heavy atom. The van der Waals surface area contributed by atoms with Crippen LogP contribution in [0.15, 0.2) is 60.0 Å². The summed E-state index contributed by atoms with van der Waals surface area (Å²) in [5, 5.41) is 1.82. The number of alkyl halides is 3. The highest BCUT2D eigenvalue weighted by molar-refractivity contribution is 7.14. The van der Waals surface area contributed by atoms with Crippen LogP contribution in [-0.4, -0.2) is 19.4 Å². The molecule has 1 heterocycles. The Kier molecular flexibility index (Phi) is 4.99. The number of carbonyl (C=O) groups excluding carboxylic acids is 1. The molecule has 134 valence electrons. The fraction of sp³-hybridized carbons (Fsp3) is 0.105. The van der Waals surface area contributed by atoms with Crippen LogP contribution in [-0.2, 0) is 4.74 Å². The number of benzene rings is 2. The fourth-order valence-corrected chi connectivity index (χ4v) is 3.53. The van der Waals surface area contributed by atoms with E-state index in [1.807, 2.05) is 5.38 Å². The molecule has 0 amide bonds. The standard InChI is InChI=1S/C19H13F3O3S/c1-24-18(23)16-8-3-2-7-15(16)17-14(9-10-26-17)12-5-4-6-13(11-12)25-19(20,21)22/h2-11H,1H3. The smallest absolute Gasteiger partial charge is 0.465 e. The number of hydrogen-bond donors (Lipinski definition) is 0. The third kappa shape index (κ3) is 3.88.